The van der Waals surface area contributed by atoms with E-state index in [2.05, 4.69) is 15.4 Å². The molecule has 0 atom stereocenters. The van der Waals surface area contributed by atoms with Crippen molar-refractivity contribution in [2.24, 2.45) is 0 Å². The van der Waals surface area contributed by atoms with Gasteiger partial charge >= 0.3 is 0 Å². The van der Waals surface area contributed by atoms with Crippen LogP contribution < -0.4 is 15.6 Å². The van der Waals surface area contributed by atoms with E-state index < -0.39 is 0 Å². The van der Waals surface area contributed by atoms with Crippen molar-refractivity contribution < 1.29 is 9.53 Å². The van der Waals surface area contributed by atoms with Crippen molar-refractivity contribution in [3.05, 3.63) is 80.7 Å². The molecular formula is C22H19ClN4O3S. The summed E-state index contributed by atoms with van der Waals surface area (Å²) < 4.78 is 6.85. The topological polar surface area (TPSA) is 85.6 Å². The lowest BCUT2D eigenvalue weighted by Gasteiger charge is -2.10. The van der Waals surface area contributed by atoms with Crippen molar-refractivity contribution in [1.82, 2.24) is 19.9 Å². The number of hydrogen-bond donors (Lipinski definition) is 1. The average molecular weight is 455 g/mol. The molecule has 158 valence electrons. The Kier molecular flexibility index (Phi) is 6.01. The lowest BCUT2D eigenvalue weighted by molar-refractivity contribution is -0.123. The van der Waals surface area contributed by atoms with Gasteiger partial charge in [0.2, 0.25) is 4.96 Å². The third-order valence-corrected chi connectivity index (χ3v) is 5.73. The van der Waals surface area contributed by atoms with Crippen LogP contribution in [0.4, 0.5) is 0 Å². The molecule has 2 aromatic heterocycles. The van der Waals surface area contributed by atoms with E-state index >= 15 is 0 Å². The second-order valence-electron chi connectivity index (χ2n) is 7.03. The third-order valence-electron chi connectivity index (χ3n) is 4.54. The van der Waals surface area contributed by atoms with E-state index in [-0.39, 0.29) is 24.6 Å². The lowest BCUT2D eigenvalue weighted by Crippen LogP contribution is -2.29. The summed E-state index contributed by atoms with van der Waals surface area (Å²) in [5.74, 6) is 0.373. The fourth-order valence-electron chi connectivity index (χ4n) is 2.93. The Morgan fingerprint density at radius 3 is 2.84 bits per heavy atom. The molecule has 0 bridgehead atoms. The Hall–Kier alpha value is -3.23. The largest absolute Gasteiger partial charge is 0.483 e. The highest BCUT2D eigenvalue weighted by Crippen LogP contribution is 2.26. The number of ether oxygens (including phenoxy) is 1. The van der Waals surface area contributed by atoms with Crippen molar-refractivity contribution >= 4 is 33.8 Å². The highest BCUT2D eigenvalue weighted by molar-refractivity contribution is 7.19. The van der Waals surface area contributed by atoms with Gasteiger partial charge in [0.25, 0.3) is 11.5 Å². The summed E-state index contributed by atoms with van der Waals surface area (Å²) in [5.41, 5.74) is 2.96. The standard InChI is InChI=1S/C22H19ClN4O3S/c1-13-6-7-14(2)18(8-13)30-12-19(28)24-11-17-10-20(29)27-22(25-17)31-21(26-27)15-4-3-5-16(23)9-15/h3-10H,11-12H2,1-2H3,(H,24,28). The first-order valence-electron chi connectivity index (χ1n) is 9.51. The van der Waals surface area contributed by atoms with Gasteiger partial charge in [-0.05, 0) is 43.2 Å². The highest BCUT2D eigenvalue weighted by Gasteiger charge is 2.12. The van der Waals surface area contributed by atoms with Crippen LogP contribution in [0.5, 0.6) is 5.75 Å². The Morgan fingerprint density at radius 1 is 1.19 bits per heavy atom. The fourth-order valence-corrected chi connectivity index (χ4v) is 4.04. The number of aromatic nitrogens is 3. The second kappa shape index (κ2) is 8.87. The summed E-state index contributed by atoms with van der Waals surface area (Å²) in [6.07, 6.45) is 0. The smallest absolute Gasteiger partial charge is 0.275 e. The number of carbonyl (C=O) groups is 1. The molecule has 2 heterocycles. The van der Waals surface area contributed by atoms with E-state index in [4.69, 9.17) is 16.3 Å². The van der Waals surface area contributed by atoms with Gasteiger partial charge in [-0.25, -0.2) is 4.98 Å². The van der Waals surface area contributed by atoms with E-state index in [1.807, 2.05) is 44.2 Å². The summed E-state index contributed by atoms with van der Waals surface area (Å²) in [5, 5.41) is 8.29. The van der Waals surface area contributed by atoms with Crippen LogP contribution in [0.25, 0.3) is 15.5 Å². The van der Waals surface area contributed by atoms with Crippen molar-refractivity contribution in [1.29, 1.82) is 0 Å². The summed E-state index contributed by atoms with van der Waals surface area (Å²) in [6, 6.07) is 14.4. The Morgan fingerprint density at radius 2 is 2.03 bits per heavy atom. The summed E-state index contributed by atoms with van der Waals surface area (Å²) in [7, 11) is 0. The van der Waals surface area contributed by atoms with E-state index in [0.29, 0.717) is 26.4 Å². The van der Waals surface area contributed by atoms with E-state index in [0.717, 1.165) is 16.7 Å². The molecule has 0 aliphatic heterocycles. The van der Waals surface area contributed by atoms with Gasteiger partial charge in [-0.3, -0.25) is 9.59 Å². The first kappa shape index (κ1) is 21.0. The summed E-state index contributed by atoms with van der Waals surface area (Å²) in [4.78, 5) is 29.5. The van der Waals surface area contributed by atoms with E-state index in [9.17, 15) is 9.59 Å². The number of nitrogens with zero attached hydrogens (tertiary/aromatic N) is 3. The lowest BCUT2D eigenvalue weighted by atomic mass is 10.1. The first-order chi connectivity index (χ1) is 14.9. The SMILES string of the molecule is Cc1ccc(C)c(OCC(=O)NCc2cc(=O)n3nc(-c4cccc(Cl)c4)sc3n2)c1. The van der Waals surface area contributed by atoms with Crippen LogP contribution in [0.15, 0.2) is 53.3 Å². The maximum absolute atomic E-state index is 12.4. The minimum atomic E-state index is -0.314. The quantitative estimate of drug-likeness (QED) is 0.479. The average Bonchev–Trinajstić information content (AvgIpc) is 3.18. The van der Waals surface area contributed by atoms with Gasteiger partial charge in [0.15, 0.2) is 6.61 Å². The van der Waals surface area contributed by atoms with Crippen LogP contribution in [-0.2, 0) is 11.3 Å². The molecule has 9 heteroatoms. The van der Waals surface area contributed by atoms with Crippen molar-refractivity contribution in [3.8, 4) is 16.3 Å². The molecule has 1 N–H and O–H groups in total. The Bertz CT molecular complexity index is 1330. The number of rotatable bonds is 6. The molecule has 2 aromatic carbocycles. The van der Waals surface area contributed by atoms with Gasteiger partial charge in [-0.1, -0.05) is 47.2 Å². The number of carbonyl (C=O) groups excluding carboxylic acids is 1. The number of halogens is 1. The summed E-state index contributed by atoms with van der Waals surface area (Å²) in [6.45, 7) is 3.88. The molecule has 0 saturated heterocycles. The van der Waals surface area contributed by atoms with Gasteiger partial charge in [-0.15, -0.1) is 0 Å². The molecule has 0 saturated carbocycles. The van der Waals surface area contributed by atoms with Crippen LogP contribution in [-0.4, -0.2) is 27.1 Å². The van der Waals surface area contributed by atoms with Crippen LogP contribution >= 0.6 is 22.9 Å². The molecule has 1 amide bonds. The van der Waals surface area contributed by atoms with Gasteiger partial charge in [0.1, 0.15) is 10.8 Å². The van der Waals surface area contributed by atoms with Gasteiger partial charge < -0.3 is 10.1 Å². The molecular weight excluding hydrogens is 436 g/mol. The Labute approximate surface area is 187 Å². The number of hydrogen-bond acceptors (Lipinski definition) is 6. The maximum Gasteiger partial charge on any atom is 0.275 e. The third kappa shape index (κ3) is 4.92. The van der Waals surface area contributed by atoms with Gasteiger partial charge in [-0.2, -0.15) is 9.61 Å². The number of aryl methyl sites for hydroxylation is 2. The monoisotopic (exact) mass is 454 g/mol. The molecule has 0 aliphatic carbocycles. The molecule has 4 rings (SSSR count). The van der Waals surface area contributed by atoms with Crippen molar-refractivity contribution in [2.75, 3.05) is 6.61 Å². The highest BCUT2D eigenvalue weighted by atomic mass is 35.5. The number of amides is 1. The van der Waals surface area contributed by atoms with Crippen LogP contribution in [0, 0.1) is 13.8 Å². The van der Waals surface area contributed by atoms with E-state index in [1.54, 1.807) is 12.1 Å². The molecule has 31 heavy (non-hydrogen) atoms. The normalized spacial score (nSPS) is 10.9. The summed E-state index contributed by atoms with van der Waals surface area (Å²) >= 11 is 7.32. The maximum atomic E-state index is 12.4. The Balaban J connectivity index is 1.44. The molecule has 7 nitrogen and oxygen atoms in total. The zero-order chi connectivity index (χ0) is 22.0. The van der Waals surface area contributed by atoms with Crippen molar-refractivity contribution in [3.63, 3.8) is 0 Å². The molecule has 0 fully saturated rings. The van der Waals surface area contributed by atoms with Crippen LogP contribution in [0.2, 0.25) is 5.02 Å². The molecule has 0 spiro atoms. The minimum absolute atomic E-state index is 0.116. The molecule has 0 aliphatic rings. The van der Waals surface area contributed by atoms with Crippen molar-refractivity contribution in [2.45, 2.75) is 20.4 Å². The first-order valence-corrected chi connectivity index (χ1v) is 10.7. The molecule has 0 unspecified atom stereocenters. The predicted octanol–water partition coefficient (Wildman–Crippen LogP) is 3.78. The number of fused-ring (bicyclic) bond motifs is 1. The second-order valence-corrected chi connectivity index (χ2v) is 8.42. The zero-order valence-electron chi connectivity index (χ0n) is 16.9. The van der Waals surface area contributed by atoms with Gasteiger partial charge in [0, 0.05) is 16.7 Å². The fraction of sp³-hybridized carbons (Fsp3) is 0.182. The minimum Gasteiger partial charge on any atom is -0.483 e. The van der Waals surface area contributed by atoms with Gasteiger partial charge in [0.05, 0.1) is 12.2 Å². The molecule has 0 radical (unpaired) electrons. The predicted molar refractivity (Wildman–Crippen MR) is 121 cm³/mol. The van der Waals surface area contributed by atoms with Crippen LogP contribution in [0.3, 0.4) is 0 Å². The van der Waals surface area contributed by atoms with E-state index in [1.165, 1.54) is 21.9 Å². The molecule has 4 aromatic rings. The number of nitrogens with one attached hydrogen (secondary N) is 1. The zero-order valence-corrected chi connectivity index (χ0v) is 18.5. The number of benzene rings is 2. The van der Waals surface area contributed by atoms with Crippen LogP contribution in [0.1, 0.15) is 16.8 Å².